The minimum Gasteiger partial charge on any atom is -0.324 e. The fraction of sp³-hybridized carbons (Fsp3) is 0.273. The van der Waals surface area contributed by atoms with Crippen LogP contribution in [0.4, 0.5) is 0 Å². The maximum absolute atomic E-state index is 5.96. The fourth-order valence-electron chi connectivity index (χ4n) is 1.45. The molecule has 2 aromatic rings. The van der Waals surface area contributed by atoms with E-state index in [1.807, 2.05) is 26.1 Å². The number of halogens is 1. The zero-order valence-electron chi connectivity index (χ0n) is 9.59. The summed E-state index contributed by atoms with van der Waals surface area (Å²) in [5, 5.41) is 4.90. The molecule has 0 aliphatic rings. The Morgan fingerprint density at radius 3 is 2.82 bits per heavy atom. The summed E-state index contributed by atoms with van der Waals surface area (Å²) >= 11 is 5.04. The van der Waals surface area contributed by atoms with Gasteiger partial charge in [-0.3, -0.25) is 0 Å². The van der Waals surface area contributed by atoms with Crippen LogP contribution < -0.4 is 5.73 Å². The van der Waals surface area contributed by atoms with Gasteiger partial charge in [-0.2, -0.15) is 5.10 Å². The van der Waals surface area contributed by atoms with E-state index < -0.39 is 0 Å². The number of hydrogen-bond acceptors (Lipinski definition) is 4. The van der Waals surface area contributed by atoms with Gasteiger partial charge in [-0.15, -0.1) is 0 Å². The lowest BCUT2D eigenvalue weighted by molar-refractivity contribution is 0.684. The standard InChI is InChI=1S/C11H13BrN4S/c1-7(13)9-4-3-8(12)5-10(9)17-11-14-6-15-16(11)2/h3-7H,13H2,1-2H3. The van der Waals surface area contributed by atoms with Crippen LogP contribution in [0.15, 0.2) is 39.1 Å². The summed E-state index contributed by atoms with van der Waals surface area (Å²) in [5.74, 6) is 0. The van der Waals surface area contributed by atoms with Crippen molar-refractivity contribution in [3.05, 3.63) is 34.6 Å². The minimum atomic E-state index is -0.00109. The van der Waals surface area contributed by atoms with Gasteiger partial charge in [-0.05, 0) is 36.4 Å². The molecular formula is C11H13BrN4S. The zero-order chi connectivity index (χ0) is 12.4. The van der Waals surface area contributed by atoms with Crippen molar-refractivity contribution < 1.29 is 0 Å². The summed E-state index contributed by atoms with van der Waals surface area (Å²) in [4.78, 5) is 5.30. The van der Waals surface area contributed by atoms with Gasteiger partial charge in [0.25, 0.3) is 0 Å². The third-order valence-electron chi connectivity index (χ3n) is 2.34. The van der Waals surface area contributed by atoms with Gasteiger partial charge in [-0.25, -0.2) is 9.67 Å². The molecule has 0 saturated heterocycles. The van der Waals surface area contributed by atoms with Crippen LogP contribution in [0.3, 0.4) is 0 Å². The van der Waals surface area contributed by atoms with Crippen LogP contribution >= 0.6 is 27.7 Å². The van der Waals surface area contributed by atoms with Crippen molar-refractivity contribution in [2.75, 3.05) is 0 Å². The van der Waals surface area contributed by atoms with Crippen molar-refractivity contribution in [1.82, 2.24) is 14.8 Å². The number of hydrogen-bond donors (Lipinski definition) is 1. The summed E-state index contributed by atoms with van der Waals surface area (Å²) < 4.78 is 2.78. The second kappa shape index (κ2) is 5.20. The molecule has 90 valence electrons. The highest BCUT2D eigenvalue weighted by Crippen LogP contribution is 2.33. The molecule has 4 nitrogen and oxygen atoms in total. The van der Waals surface area contributed by atoms with Gasteiger partial charge in [0.1, 0.15) is 6.33 Å². The zero-order valence-corrected chi connectivity index (χ0v) is 12.0. The number of aromatic nitrogens is 3. The molecule has 17 heavy (non-hydrogen) atoms. The van der Waals surface area contributed by atoms with E-state index in [1.54, 1.807) is 22.8 Å². The van der Waals surface area contributed by atoms with Crippen LogP contribution in [-0.2, 0) is 7.05 Å². The molecule has 0 aliphatic heterocycles. The lowest BCUT2D eigenvalue weighted by Gasteiger charge is -2.12. The topological polar surface area (TPSA) is 56.7 Å². The van der Waals surface area contributed by atoms with E-state index in [-0.39, 0.29) is 6.04 Å². The summed E-state index contributed by atoms with van der Waals surface area (Å²) in [6.07, 6.45) is 1.55. The summed E-state index contributed by atoms with van der Waals surface area (Å²) in [5.41, 5.74) is 7.07. The van der Waals surface area contributed by atoms with Gasteiger partial charge in [0, 0.05) is 22.5 Å². The second-order valence-corrected chi connectivity index (χ2v) is 5.66. The van der Waals surface area contributed by atoms with Gasteiger partial charge in [-0.1, -0.05) is 22.0 Å². The molecule has 0 radical (unpaired) electrons. The fourth-order valence-corrected chi connectivity index (χ4v) is 3.00. The smallest absolute Gasteiger partial charge is 0.190 e. The molecule has 2 N–H and O–H groups in total. The highest BCUT2D eigenvalue weighted by Gasteiger charge is 2.11. The predicted molar refractivity (Wildman–Crippen MR) is 71.9 cm³/mol. The molecule has 2 rings (SSSR count). The lowest BCUT2D eigenvalue weighted by Crippen LogP contribution is -2.06. The predicted octanol–water partition coefficient (Wildman–Crippen LogP) is 2.75. The van der Waals surface area contributed by atoms with Crippen LogP contribution in [0.2, 0.25) is 0 Å². The van der Waals surface area contributed by atoms with Crippen LogP contribution in [-0.4, -0.2) is 14.8 Å². The number of nitrogens with two attached hydrogens (primary N) is 1. The Bertz CT molecular complexity index is 524. The van der Waals surface area contributed by atoms with Crippen LogP contribution in [0.5, 0.6) is 0 Å². The minimum absolute atomic E-state index is 0.00109. The number of rotatable bonds is 3. The van der Waals surface area contributed by atoms with E-state index in [1.165, 1.54) is 0 Å². The Balaban J connectivity index is 2.37. The van der Waals surface area contributed by atoms with Gasteiger partial charge in [0.2, 0.25) is 0 Å². The largest absolute Gasteiger partial charge is 0.324 e. The molecule has 6 heteroatoms. The molecule has 0 saturated carbocycles. The molecule has 0 bridgehead atoms. The maximum atomic E-state index is 5.96. The van der Waals surface area contributed by atoms with Crippen molar-refractivity contribution in [1.29, 1.82) is 0 Å². The SMILES string of the molecule is CC(N)c1ccc(Br)cc1Sc1ncnn1C. The Kier molecular flexibility index (Phi) is 3.86. The molecule has 1 atom stereocenters. The highest BCUT2D eigenvalue weighted by atomic mass is 79.9. The normalized spacial score (nSPS) is 12.7. The molecule has 0 fully saturated rings. The second-order valence-electron chi connectivity index (χ2n) is 3.74. The van der Waals surface area contributed by atoms with Crippen LogP contribution in [0.1, 0.15) is 18.5 Å². The van der Waals surface area contributed by atoms with Gasteiger partial charge < -0.3 is 5.73 Å². The first-order valence-corrected chi connectivity index (χ1v) is 6.75. The first-order chi connectivity index (χ1) is 8.08. The van der Waals surface area contributed by atoms with Crippen molar-refractivity contribution in [3.8, 4) is 0 Å². The summed E-state index contributed by atoms with van der Waals surface area (Å²) in [6.45, 7) is 1.98. The summed E-state index contributed by atoms with van der Waals surface area (Å²) in [6, 6.07) is 6.09. The van der Waals surface area contributed by atoms with Gasteiger partial charge >= 0.3 is 0 Å². The molecule has 1 heterocycles. The Morgan fingerprint density at radius 1 is 1.47 bits per heavy atom. The third kappa shape index (κ3) is 2.88. The summed E-state index contributed by atoms with van der Waals surface area (Å²) in [7, 11) is 1.87. The maximum Gasteiger partial charge on any atom is 0.190 e. The van der Waals surface area contributed by atoms with E-state index in [2.05, 4.69) is 32.1 Å². The molecule has 1 aromatic heterocycles. The van der Waals surface area contributed by atoms with Crippen LogP contribution in [0, 0.1) is 0 Å². The first-order valence-electron chi connectivity index (χ1n) is 5.15. The van der Waals surface area contributed by atoms with Crippen molar-refractivity contribution in [2.24, 2.45) is 12.8 Å². The van der Waals surface area contributed by atoms with Crippen molar-refractivity contribution in [3.63, 3.8) is 0 Å². The van der Waals surface area contributed by atoms with Gasteiger partial charge in [0.05, 0.1) is 0 Å². The Morgan fingerprint density at radius 2 is 2.24 bits per heavy atom. The average Bonchev–Trinajstić information content (AvgIpc) is 2.64. The Hall–Kier alpha value is -0.850. The van der Waals surface area contributed by atoms with Crippen molar-refractivity contribution >= 4 is 27.7 Å². The molecule has 1 aromatic carbocycles. The van der Waals surface area contributed by atoms with Crippen molar-refractivity contribution in [2.45, 2.75) is 23.0 Å². The van der Waals surface area contributed by atoms with Crippen LogP contribution in [0.25, 0.3) is 0 Å². The van der Waals surface area contributed by atoms with E-state index >= 15 is 0 Å². The van der Waals surface area contributed by atoms with Gasteiger partial charge in [0.15, 0.2) is 5.16 Å². The molecule has 1 unspecified atom stereocenters. The number of benzene rings is 1. The highest BCUT2D eigenvalue weighted by molar-refractivity contribution is 9.10. The van der Waals surface area contributed by atoms with E-state index in [4.69, 9.17) is 5.73 Å². The van der Waals surface area contributed by atoms with E-state index in [0.717, 1.165) is 20.1 Å². The molecule has 0 aliphatic carbocycles. The first kappa shape index (κ1) is 12.6. The lowest BCUT2D eigenvalue weighted by atomic mass is 10.1. The number of nitrogens with zero attached hydrogens (tertiary/aromatic N) is 3. The van der Waals surface area contributed by atoms with E-state index in [9.17, 15) is 0 Å². The number of aryl methyl sites for hydroxylation is 1. The monoisotopic (exact) mass is 312 g/mol. The quantitative estimate of drug-likeness (QED) is 0.946. The molecular weight excluding hydrogens is 300 g/mol. The molecule has 0 amide bonds. The Labute approximate surface area is 113 Å². The molecule has 0 spiro atoms. The third-order valence-corrected chi connectivity index (χ3v) is 3.96. The van der Waals surface area contributed by atoms with E-state index in [0.29, 0.717) is 0 Å². The average molecular weight is 313 g/mol.